The van der Waals surface area contributed by atoms with E-state index in [-0.39, 0.29) is 5.91 Å². The summed E-state index contributed by atoms with van der Waals surface area (Å²) in [5.41, 5.74) is 7.91. The molecule has 4 heteroatoms. The highest BCUT2D eigenvalue weighted by Crippen LogP contribution is 2.12. The van der Waals surface area contributed by atoms with Crippen molar-refractivity contribution < 1.29 is 4.79 Å². The first kappa shape index (κ1) is 11.7. The molecule has 0 aliphatic heterocycles. The Kier molecular flexibility index (Phi) is 3.26. The quantitative estimate of drug-likeness (QED) is 0.787. The lowest BCUT2D eigenvalue weighted by molar-refractivity contribution is 0.102. The van der Waals surface area contributed by atoms with E-state index in [4.69, 9.17) is 11.0 Å². The maximum absolute atomic E-state index is 11.9. The molecule has 3 N–H and O–H groups in total. The van der Waals surface area contributed by atoms with E-state index in [1.54, 1.807) is 48.5 Å². The molecule has 0 unspecified atom stereocenters. The minimum absolute atomic E-state index is 0.209. The third-order valence-electron chi connectivity index (χ3n) is 2.44. The molecule has 0 bridgehead atoms. The van der Waals surface area contributed by atoms with Gasteiger partial charge in [-0.1, -0.05) is 0 Å². The predicted molar refractivity (Wildman–Crippen MR) is 70.0 cm³/mol. The summed E-state index contributed by atoms with van der Waals surface area (Å²) in [5, 5.41) is 11.4. The van der Waals surface area contributed by atoms with Gasteiger partial charge in [0.1, 0.15) is 0 Å². The maximum Gasteiger partial charge on any atom is 0.255 e. The van der Waals surface area contributed by atoms with Crippen LogP contribution < -0.4 is 11.1 Å². The van der Waals surface area contributed by atoms with Crippen molar-refractivity contribution in [2.24, 2.45) is 0 Å². The highest BCUT2D eigenvalue weighted by atomic mass is 16.1. The molecule has 1 amide bonds. The number of carbonyl (C=O) groups excluding carboxylic acids is 1. The van der Waals surface area contributed by atoms with Gasteiger partial charge in [-0.3, -0.25) is 4.79 Å². The summed E-state index contributed by atoms with van der Waals surface area (Å²) in [6, 6.07) is 15.4. The van der Waals surface area contributed by atoms with Crippen molar-refractivity contribution in [2.45, 2.75) is 0 Å². The molecule has 0 radical (unpaired) electrons. The minimum Gasteiger partial charge on any atom is -0.399 e. The Morgan fingerprint density at radius 2 is 1.67 bits per heavy atom. The van der Waals surface area contributed by atoms with Crippen LogP contribution in [-0.4, -0.2) is 5.91 Å². The fourth-order valence-corrected chi connectivity index (χ4v) is 1.47. The zero-order chi connectivity index (χ0) is 13.0. The molecule has 0 saturated carbocycles. The van der Waals surface area contributed by atoms with Gasteiger partial charge in [-0.25, -0.2) is 0 Å². The number of benzene rings is 2. The zero-order valence-electron chi connectivity index (χ0n) is 9.55. The number of amides is 1. The van der Waals surface area contributed by atoms with Gasteiger partial charge in [0.25, 0.3) is 5.91 Å². The first-order valence-corrected chi connectivity index (χ1v) is 5.36. The Morgan fingerprint density at radius 1 is 1.06 bits per heavy atom. The molecule has 2 rings (SSSR count). The molecule has 0 heterocycles. The second-order valence-electron chi connectivity index (χ2n) is 3.77. The third-order valence-corrected chi connectivity index (χ3v) is 2.44. The molecule has 2 aromatic rings. The number of rotatable bonds is 2. The van der Waals surface area contributed by atoms with Crippen LogP contribution in [0, 0.1) is 11.3 Å². The fourth-order valence-electron chi connectivity index (χ4n) is 1.47. The average molecular weight is 237 g/mol. The van der Waals surface area contributed by atoms with Crippen LogP contribution in [0.25, 0.3) is 0 Å². The third kappa shape index (κ3) is 2.66. The van der Waals surface area contributed by atoms with E-state index in [9.17, 15) is 4.79 Å². The second kappa shape index (κ2) is 5.02. The topological polar surface area (TPSA) is 78.9 Å². The van der Waals surface area contributed by atoms with Crippen molar-refractivity contribution in [1.82, 2.24) is 0 Å². The Morgan fingerprint density at radius 3 is 2.22 bits per heavy atom. The van der Waals surface area contributed by atoms with Gasteiger partial charge in [0.2, 0.25) is 0 Å². The van der Waals surface area contributed by atoms with E-state index < -0.39 is 0 Å². The lowest BCUT2D eigenvalue weighted by atomic mass is 10.2. The fraction of sp³-hybridized carbons (Fsp3) is 0. The summed E-state index contributed by atoms with van der Waals surface area (Å²) >= 11 is 0. The van der Waals surface area contributed by atoms with Crippen LogP contribution in [0.2, 0.25) is 0 Å². The van der Waals surface area contributed by atoms with Crippen LogP contribution in [0.4, 0.5) is 11.4 Å². The first-order chi connectivity index (χ1) is 8.69. The molecule has 0 fully saturated rings. The summed E-state index contributed by atoms with van der Waals surface area (Å²) in [5.74, 6) is -0.209. The number of carbonyl (C=O) groups is 1. The van der Waals surface area contributed by atoms with Gasteiger partial charge in [-0.15, -0.1) is 0 Å². The summed E-state index contributed by atoms with van der Waals surface area (Å²) in [6.45, 7) is 0. The van der Waals surface area contributed by atoms with Crippen LogP contribution >= 0.6 is 0 Å². The first-order valence-electron chi connectivity index (χ1n) is 5.36. The lowest BCUT2D eigenvalue weighted by Crippen LogP contribution is -2.11. The van der Waals surface area contributed by atoms with Crippen molar-refractivity contribution in [2.75, 3.05) is 11.1 Å². The van der Waals surface area contributed by atoms with Crippen molar-refractivity contribution >= 4 is 17.3 Å². The monoisotopic (exact) mass is 237 g/mol. The summed E-state index contributed by atoms with van der Waals surface area (Å²) in [4.78, 5) is 11.9. The average Bonchev–Trinajstić information content (AvgIpc) is 2.40. The molecule has 0 spiro atoms. The Labute approximate surface area is 105 Å². The lowest BCUT2D eigenvalue weighted by Gasteiger charge is -2.05. The number of anilines is 2. The van der Waals surface area contributed by atoms with E-state index in [1.165, 1.54) is 0 Å². The van der Waals surface area contributed by atoms with Crippen LogP contribution in [0.1, 0.15) is 15.9 Å². The van der Waals surface area contributed by atoms with Gasteiger partial charge < -0.3 is 11.1 Å². The summed E-state index contributed by atoms with van der Waals surface area (Å²) < 4.78 is 0. The predicted octanol–water partition coefficient (Wildman–Crippen LogP) is 2.39. The molecule has 18 heavy (non-hydrogen) atoms. The second-order valence-corrected chi connectivity index (χ2v) is 3.77. The number of nitrogens with zero attached hydrogens (tertiary/aromatic N) is 1. The normalized spacial score (nSPS) is 9.50. The SMILES string of the molecule is N#Cc1ccc(NC(=O)c2ccc(N)cc2)cc1. The molecule has 0 atom stereocenters. The molecule has 0 aliphatic rings. The maximum atomic E-state index is 11.9. The van der Waals surface area contributed by atoms with E-state index in [2.05, 4.69) is 5.32 Å². The molecule has 0 aliphatic carbocycles. The zero-order valence-corrected chi connectivity index (χ0v) is 9.55. The van der Waals surface area contributed by atoms with Crippen LogP contribution in [0.15, 0.2) is 48.5 Å². The summed E-state index contributed by atoms with van der Waals surface area (Å²) in [6.07, 6.45) is 0. The molecule has 88 valence electrons. The molecule has 0 aromatic heterocycles. The van der Waals surface area contributed by atoms with Gasteiger partial charge >= 0.3 is 0 Å². The van der Waals surface area contributed by atoms with Crippen molar-refractivity contribution in [1.29, 1.82) is 5.26 Å². The number of nitrogens with two attached hydrogens (primary N) is 1. The molecular formula is C14H11N3O. The van der Waals surface area contributed by atoms with E-state index in [0.29, 0.717) is 22.5 Å². The number of nitrogens with one attached hydrogen (secondary N) is 1. The Bertz CT molecular complexity index is 594. The van der Waals surface area contributed by atoms with Gasteiger partial charge in [0.05, 0.1) is 11.6 Å². The Hall–Kier alpha value is -2.80. The standard InChI is InChI=1S/C14H11N3O/c15-9-10-1-7-13(8-2-10)17-14(18)11-3-5-12(16)6-4-11/h1-8H,16H2,(H,17,18). The van der Waals surface area contributed by atoms with E-state index in [1.807, 2.05) is 6.07 Å². The Balaban J connectivity index is 2.11. The molecule has 2 aromatic carbocycles. The highest BCUT2D eigenvalue weighted by molar-refractivity contribution is 6.04. The summed E-state index contributed by atoms with van der Waals surface area (Å²) in [7, 11) is 0. The van der Waals surface area contributed by atoms with Gasteiger partial charge in [-0.2, -0.15) is 5.26 Å². The number of hydrogen-bond donors (Lipinski definition) is 2. The highest BCUT2D eigenvalue weighted by Gasteiger charge is 2.05. The van der Waals surface area contributed by atoms with E-state index >= 15 is 0 Å². The number of nitriles is 1. The van der Waals surface area contributed by atoms with Crippen LogP contribution in [0.3, 0.4) is 0 Å². The smallest absolute Gasteiger partial charge is 0.255 e. The van der Waals surface area contributed by atoms with Gasteiger partial charge in [0.15, 0.2) is 0 Å². The number of nitrogen functional groups attached to an aromatic ring is 1. The van der Waals surface area contributed by atoms with Crippen molar-refractivity contribution in [3.63, 3.8) is 0 Å². The molecular weight excluding hydrogens is 226 g/mol. The minimum atomic E-state index is -0.209. The van der Waals surface area contributed by atoms with Crippen molar-refractivity contribution in [3.05, 3.63) is 59.7 Å². The van der Waals surface area contributed by atoms with Crippen LogP contribution in [0.5, 0.6) is 0 Å². The molecule has 0 saturated heterocycles. The van der Waals surface area contributed by atoms with Crippen molar-refractivity contribution in [3.8, 4) is 6.07 Å². The van der Waals surface area contributed by atoms with Crippen LogP contribution in [-0.2, 0) is 0 Å². The van der Waals surface area contributed by atoms with E-state index in [0.717, 1.165) is 0 Å². The van der Waals surface area contributed by atoms with Gasteiger partial charge in [0, 0.05) is 16.9 Å². The largest absolute Gasteiger partial charge is 0.399 e. The van der Waals surface area contributed by atoms with Gasteiger partial charge in [-0.05, 0) is 48.5 Å². The molecule has 4 nitrogen and oxygen atoms in total. The number of hydrogen-bond acceptors (Lipinski definition) is 3.